The van der Waals surface area contributed by atoms with Crippen molar-refractivity contribution in [2.75, 3.05) is 40.4 Å². The van der Waals surface area contributed by atoms with Gasteiger partial charge in [-0.3, -0.25) is 14.2 Å². The van der Waals surface area contributed by atoms with Gasteiger partial charge in [-0.1, -0.05) is 29.8 Å². The standard InChI is InChI=1S/C40H46ClN3O8S2.2FH/c1-44(26-8-10-27(11-9-26)52-39(48)40(49,35-6-3-20-53-35)36-7-4-21-54-36)18-5-19-51-34-23-33(50-2)25(22-30(34)41)16-17-42-24-32(46)28-12-14-31(45)38-29(28)13-15-37(47)43-38;;/h3-4,6-7,12-15,20-23,26-27,32,42,45-46,49H,5,8-11,16-19,24H2,1-2H3,(H,43,47);2*1H/t26?,27?,32-;;/m0../s1. The number of fused-ring (bicyclic) bond motifs is 1. The highest BCUT2D eigenvalue weighted by molar-refractivity contribution is 7.12. The zero-order chi connectivity index (χ0) is 38.2. The van der Waals surface area contributed by atoms with E-state index in [0.717, 1.165) is 44.2 Å². The van der Waals surface area contributed by atoms with Crippen LogP contribution >= 0.6 is 34.3 Å². The highest BCUT2D eigenvalue weighted by Gasteiger charge is 2.45. The van der Waals surface area contributed by atoms with Gasteiger partial charge >= 0.3 is 5.97 Å². The van der Waals surface area contributed by atoms with Gasteiger partial charge in [0.15, 0.2) is 0 Å². The summed E-state index contributed by atoms with van der Waals surface area (Å²) in [7, 11) is 3.71. The van der Waals surface area contributed by atoms with Crippen molar-refractivity contribution in [3.05, 3.63) is 108 Å². The van der Waals surface area contributed by atoms with Gasteiger partial charge in [0.25, 0.3) is 0 Å². The zero-order valence-corrected chi connectivity index (χ0v) is 33.5. The van der Waals surface area contributed by atoms with E-state index in [1.165, 1.54) is 34.8 Å². The number of methoxy groups -OCH3 is 1. The minimum absolute atomic E-state index is 0. The Morgan fingerprint density at radius 1 is 1.04 bits per heavy atom. The first kappa shape index (κ1) is 44.6. The molecule has 0 spiro atoms. The number of hydrogen-bond acceptors (Lipinski definition) is 12. The van der Waals surface area contributed by atoms with Crippen molar-refractivity contribution in [2.45, 2.75) is 62.4 Å². The van der Waals surface area contributed by atoms with Gasteiger partial charge in [-0.05, 0) is 104 Å². The quantitative estimate of drug-likeness (QED) is 0.0507. The number of carbonyl (C=O) groups excluding carboxylic acids is 1. The number of aliphatic hydroxyl groups is 2. The van der Waals surface area contributed by atoms with Crippen LogP contribution in [0.25, 0.3) is 10.9 Å². The second kappa shape index (κ2) is 20.4. The Balaban J connectivity index is 0.00000348. The molecule has 304 valence electrons. The molecule has 3 heterocycles. The number of carbonyl (C=O) groups is 1. The van der Waals surface area contributed by atoms with Crippen LogP contribution in [0.15, 0.2) is 76.2 Å². The zero-order valence-electron chi connectivity index (χ0n) is 31.1. The van der Waals surface area contributed by atoms with Crippen molar-refractivity contribution in [1.29, 1.82) is 0 Å². The summed E-state index contributed by atoms with van der Waals surface area (Å²) in [5, 5.41) is 40.6. The van der Waals surface area contributed by atoms with Gasteiger partial charge in [0.2, 0.25) is 11.2 Å². The number of benzene rings is 2. The molecule has 1 aliphatic rings. The fourth-order valence-corrected chi connectivity index (χ4v) is 8.96. The number of aromatic hydroxyl groups is 1. The highest BCUT2D eigenvalue weighted by atomic mass is 35.5. The third-order valence-corrected chi connectivity index (χ3v) is 12.3. The monoisotopic (exact) mass is 835 g/mol. The molecule has 0 aliphatic heterocycles. The lowest BCUT2D eigenvalue weighted by Gasteiger charge is -2.35. The first-order valence-corrected chi connectivity index (χ1v) is 20.2. The lowest BCUT2D eigenvalue weighted by Crippen LogP contribution is -2.42. The molecule has 0 unspecified atom stereocenters. The van der Waals surface area contributed by atoms with Gasteiger partial charge in [0.1, 0.15) is 23.4 Å². The Morgan fingerprint density at radius 3 is 2.38 bits per heavy atom. The predicted molar refractivity (Wildman–Crippen MR) is 217 cm³/mol. The average Bonchev–Trinajstić information content (AvgIpc) is 3.92. The van der Waals surface area contributed by atoms with Crippen molar-refractivity contribution in [3.63, 3.8) is 0 Å². The largest absolute Gasteiger partial charge is 0.506 e. The Morgan fingerprint density at radius 2 is 1.73 bits per heavy atom. The van der Waals surface area contributed by atoms with Crippen LogP contribution in [0.4, 0.5) is 9.41 Å². The maximum Gasteiger partial charge on any atom is 0.349 e. The van der Waals surface area contributed by atoms with E-state index in [4.69, 9.17) is 25.8 Å². The molecule has 2 aromatic carbocycles. The van der Waals surface area contributed by atoms with E-state index in [9.17, 15) is 24.9 Å². The second-order valence-corrected chi connectivity index (χ2v) is 15.8. The molecular weight excluding hydrogens is 788 g/mol. The van der Waals surface area contributed by atoms with Gasteiger partial charge < -0.3 is 44.7 Å². The van der Waals surface area contributed by atoms with E-state index in [0.29, 0.717) is 68.4 Å². The smallest absolute Gasteiger partial charge is 0.349 e. The molecule has 6 rings (SSSR count). The number of phenols is 1. The minimum Gasteiger partial charge on any atom is -0.506 e. The number of aliphatic hydroxyl groups excluding tert-OH is 1. The number of H-pyrrole nitrogens is 1. The number of thiophene rings is 2. The number of phenolic OH excluding ortho intramolecular Hbond substituents is 1. The number of pyridine rings is 1. The molecule has 0 bridgehead atoms. The number of nitrogens with zero attached hydrogens (tertiary/aromatic N) is 1. The molecule has 3 aromatic heterocycles. The third kappa shape index (κ3) is 10.3. The molecule has 5 N–H and O–H groups in total. The average molecular weight is 836 g/mol. The van der Waals surface area contributed by atoms with Gasteiger partial charge in [-0.25, -0.2) is 4.79 Å². The maximum atomic E-state index is 13.4. The van der Waals surface area contributed by atoms with Crippen molar-refractivity contribution in [2.24, 2.45) is 0 Å². The number of aromatic nitrogens is 1. The molecule has 0 saturated heterocycles. The lowest BCUT2D eigenvalue weighted by atomic mass is 9.91. The van der Waals surface area contributed by atoms with Gasteiger partial charge in [-0.15, -0.1) is 22.7 Å². The normalized spacial score (nSPS) is 16.2. The maximum absolute atomic E-state index is 13.4. The van der Waals surface area contributed by atoms with E-state index in [1.807, 2.05) is 29.0 Å². The molecule has 56 heavy (non-hydrogen) atoms. The van der Waals surface area contributed by atoms with Crippen LogP contribution in [0, 0.1) is 0 Å². The number of rotatable bonds is 17. The second-order valence-electron chi connectivity index (χ2n) is 13.5. The van der Waals surface area contributed by atoms with Crippen LogP contribution in [0.1, 0.15) is 59.1 Å². The van der Waals surface area contributed by atoms with Crippen LogP contribution < -0.4 is 20.3 Å². The van der Waals surface area contributed by atoms with Gasteiger partial charge in [0, 0.05) is 36.7 Å². The van der Waals surface area contributed by atoms with E-state index in [-0.39, 0.29) is 33.4 Å². The highest BCUT2D eigenvalue weighted by Crippen LogP contribution is 2.38. The summed E-state index contributed by atoms with van der Waals surface area (Å²) in [6.45, 7) is 2.10. The predicted octanol–water partition coefficient (Wildman–Crippen LogP) is 6.68. The van der Waals surface area contributed by atoms with Crippen LogP contribution in [0.2, 0.25) is 5.02 Å². The summed E-state index contributed by atoms with van der Waals surface area (Å²) in [5.41, 5.74) is -0.330. The molecule has 16 heteroatoms. The molecule has 1 aliphatic carbocycles. The summed E-state index contributed by atoms with van der Waals surface area (Å²) in [4.78, 5) is 31.2. The summed E-state index contributed by atoms with van der Waals surface area (Å²) < 4.78 is 17.6. The van der Waals surface area contributed by atoms with Crippen molar-refractivity contribution in [1.82, 2.24) is 15.2 Å². The number of aromatic amines is 1. The summed E-state index contributed by atoms with van der Waals surface area (Å²) >= 11 is 9.32. The number of nitrogens with one attached hydrogen (secondary N) is 2. The first-order valence-electron chi connectivity index (χ1n) is 18.0. The molecule has 0 radical (unpaired) electrons. The fraction of sp³-hybridized carbons (Fsp3) is 0.400. The van der Waals surface area contributed by atoms with Crippen LogP contribution in [-0.2, 0) is 21.6 Å². The number of halogens is 3. The summed E-state index contributed by atoms with van der Waals surface area (Å²) in [5.74, 6) is 0.540. The number of hydrogen-bond donors (Lipinski definition) is 5. The van der Waals surface area contributed by atoms with E-state index < -0.39 is 17.7 Å². The van der Waals surface area contributed by atoms with E-state index in [1.54, 1.807) is 37.4 Å². The van der Waals surface area contributed by atoms with Crippen molar-refractivity contribution in [3.8, 4) is 17.2 Å². The van der Waals surface area contributed by atoms with Crippen LogP contribution in [0.3, 0.4) is 0 Å². The Hall–Kier alpha value is -4.09. The fourth-order valence-electron chi connectivity index (χ4n) is 7.00. The van der Waals surface area contributed by atoms with Crippen LogP contribution in [-0.4, -0.2) is 83.7 Å². The van der Waals surface area contributed by atoms with E-state index in [2.05, 4.69) is 22.2 Å². The topological polar surface area (TPSA) is 154 Å². The summed E-state index contributed by atoms with van der Waals surface area (Å²) in [6.07, 6.45) is 3.53. The van der Waals surface area contributed by atoms with Crippen molar-refractivity contribution < 1.29 is 43.7 Å². The molecular formula is C40H48ClF2N3O8S2. The third-order valence-electron chi connectivity index (χ3n) is 10.0. The Labute approximate surface area is 336 Å². The lowest BCUT2D eigenvalue weighted by molar-refractivity contribution is -0.169. The Bertz CT molecular complexity index is 2030. The van der Waals surface area contributed by atoms with Gasteiger partial charge in [-0.2, -0.15) is 0 Å². The first-order chi connectivity index (χ1) is 26.1. The number of ether oxygens (including phenoxy) is 3. The SMILES string of the molecule is COc1cc(OCCCN(C)C2CCC(OC(=O)C(O)(c3cccs3)c3cccs3)CC2)c(Cl)cc1CCNC[C@H](O)c1ccc(O)c2[nH]c(=O)ccc12.F.F. The van der Waals surface area contributed by atoms with Crippen LogP contribution in [0.5, 0.6) is 17.2 Å². The summed E-state index contributed by atoms with van der Waals surface area (Å²) in [6, 6.07) is 17.3. The number of esters is 1. The molecule has 1 atom stereocenters. The Kier molecular flexibility index (Phi) is 16.2. The van der Waals surface area contributed by atoms with E-state index >= 15 is 0 Å². The van der Waals surface area contributed by atoms with Crippen molar-refractivity contribution >= 4 is 51.1 Å². The molecule has 1 fully saturated rings. The molecule has 1 saturated carbocycles. The molecule has 11 nitrogen and oxygen atoms in total. The van der Waals surface area contributed by atoms with Gasteiger partial charge in [0.05, 0.1) is 40.1 Å². The molecule has 0 amide bonds. The minimum atomic E-state index is -1.79. The molecule has 5 aromatic rings.